The highest BCUT2D eigenvalue weighted by Crippen LogP contribution is 2.22. The lowest BCUT2D eigenvalue weighted by molar-refractivity contribution is 0.0940. The average molecular weight is 530 g/mol. The largest absolute Gasteiger partial charge is 0.381 e. The molecule has 1 atom stereocenters. The fraction of sp³-hybridized carbons (Fsp3) is 0.103. The molecule has 0 saturated heterocycles. The minimum absolute atomic E-state index is 0.0483. The number of aryl methyl sites for hydroxylation is 1. The summed E-state index contributed by atoms with van der Waals surface area (Å²) in [5.41, 5.74) is 8.55. The van der Waals surface area contributed by atoms with Gasteiger partial charge in [-0.05, 0) is 37.3 Å². The van der Waals surface area contributed by atoms with Crippen molar-refractivity contribution in [2.24, 2.45) is 7.05 Å². The van der Waals surface area contributed by atoms with Crippen LogP contribution in [0.1, 0.15) is 40.3 Å². The number of benzene rings is 2. The third-order valence-corrected chi connectivity index (χ3v) is 6.37. The molecule has 6 aromatic rings. The van der Waals surface area contributed by atoms with Crippen molar-refractivity contribution in [1.29, 1.82) is 0 Å². The summed E-state index contributed by atoms with van der Waals surface area (Å²) < 4.78 is 4.60. The molecule has 6 rings (SSSR count). The quantitative estimate of drug-likeness (QED) is 0.335. The van der Waals surface area contributed by atoms with Gasteiger partial charge >= 0.3 is 0 Å². The third kappa shape index (κ3) is 4.33. The standard InChI is InChI=1S/C29H23N9O2/c1-18(33-28(39)24-25(30)35-37-15-7-14-31-27(24)37)26-34-22-11-6-8-20(13-12-19-16-32-36(2)17-19)23(22)29(40)38(26)21-9-4-3-5-10-21/h3-11,14-18H,1-2H3,(H2,30,35)(H,33,39). The van der Waals surface area contributed by atoms with E-state index < -0.39 is 11.9 Å². The Kier molecular flexibility index (Phi) is 6.05. The first kappa shape index (κ1) is 24.6. The number of hydrogen-bond donors (Lipinski definition) is 2. The first-order valence-corrected chi connectivity index (χ1v) is 12.4. The van der Waals surface area contributed by atoms with Crippen LogP contribution in [0.25, 0.3) is 22.2 Å². The molecule has 0 bridgehead atoms. The molecule has 1 unspecified atom stereocenters. The Hall–Kier alpha value is -5.76. The zero-order valence-electron chi connectivity index (χ0n) is 21.6. The molecule has 0 aliphatic carbocycles. The van der Waals surface area contributed by atoms with Gasteiger partial charge in [0, 0.05) is 31.2 Å². The SMILES string of the molecule is CC(NC(=O)c1c(N)nn2cccnc12)c1nc2cccc(C#Cc3cnn(C)c3)c2c(=O)n1-c1ccccc1. The normalized spacial score (nSPS) is 11.8. The summed E-state index contributed by atoms with van der Waals surface area (Å²) in [7, 11) is 1.81. The van der Waals surface area contributed by atoms with Gasteiger partial charge in [0.2, 0.25) is 0 Å². The van der Waals surface area contributed by atoms with Gasteiger partial charge in [-0.3, -0.25) is 18.8 Å². The second kappa shape index (κ2) is 9.85. The average Bonchev–Trinajstić information content (AvgIpc) is 3.53. The van der Waals surface area contributed by atoms with E-state index in [2.05, 4.69) is 32.3 Å². The fourth-order valence-electron chi connectivity index (χ4n) is 4.55. The van der Waals surface area contributed by atoms with Gasteiger partial charge in [-0.2, -0.15) is 5.10 Å². The maximum atomic E-state index is 14.1. The topological polar surface area (TPSA) is 138 Å². The summed E-state index contributed by atoms with van der Waals surface area (Å²) in [6.45, 7) is 1.76. The predicted octanol–water partition coefficient (Wildman–Crippen LogP) is 2.63. The van der Waals surface area contributed by atoms with E-state index in [1.807, 2.05) is 37.4 Å². The Morgan fingerprint density at radius 1 is 1.07 bits per heavy atom. The van der Waals surface area contributed by atoms with Crippen LogP contribution < -0.4 is 16.6 Å². The zero-order valence-corrected chi connectivity index (χ0v) is 21.6. The molecule has 1 amide bonds. The molecule has 3 N–H and O–H groups in total. The first-order valence-electron chi connectivity index (χ1n) is 12.4. The molecule has 2 aromatic carbocycles. The minimum Gasteiger partial charge on any atom is -0.381 e. The summed E-state index contributed by atoms with van der Waals surface area (Å²) in [4.78, 5) is 36.6. The highest BCUT2D eigenvalue weighted by Gasteiger charge is 2.24. The number of nitrogens with zero attached hydrogens (tertiary/aromatic N) is 7. The predicted molar refractivity (Wildman–Crippen MR) is 150 cm³/mol. The van der Waals surface area contributed by atoms with Gasteiger partial charge in [-0.25, -0.2) is 14.5 Å². The van der Waals surface area contributed by atoms with Gasteiger partial charge in [0.1, 0.15) is 11.4 Å². The molecule has 4 aromatic heterocycles. The number of fused-ring (bicyclic) bond motifs is 2. The van der Waals surface area contributed by atoms with Crippen LogP contribution in [0, 0.1) is 11.8 Å². The van der Waals surface area contributed by atoms with Gasteiger partial charge in [0.15, 0.2) is 11.5 Å². The highest BCUT2D eigenvalue weighted by molar-refractivity contribution is 6.04. The van der Waals surface area contributed by atoms with Crippen LogP contribution >= 0.6 is 0 Å². The lowest BCUT2D eigenvalue weighted by Crippen LogP contribution is -2.33. The number of rotatable bonds is 4. The van der Waals surface area contributed by atoms with Gasteiger partial charge in [0.05, 0.1) is 34.4 Å². The second-order valence-electron chi connectivity index (χ2n) is 9.14. The molecular weight excluding hydrogens is 506 g/mol. The minimum atomic E-state index is -0.687. The number of nitrogen functional groups attached to an aromatic ring is 1. The maximum Gasteiger partial charge on any atom is 0.267 e. The lowest BCUT2D eigenvalue weighted by atomic mass is 10.1. The smallest absolute Gasteiger partial charge is 0.267 e. The third-order valence-electron chi connectivity index (χ3n) is 6.37. The number of hydrogen-bond acceptors (Lipinski definition) is 7. The molecule has 0 aliphatic heterocycles. The second-order valence-corrected chi connectivity index (χ2v) is 9.14. The van der Waals surface area contributed by atoms with Crippen molar-refractivity contribution in [2.75, 3.05) is 5.73 Å². The first-order chi connectivity index (χ1) is 19.4. The van der Waals surface area contributed by atoms with Gasteiger partial charge in [0.25, 0.3) is 11.5 Å². The van der Waals surface area contributed by atoms with Crippen LogP contribution in [0.5, 0.6) is 0 Å². The molecular formula is C29H23N9O2. The Morgan fingerprint density at radius 2 is 1.90 bits per heavy atom. The van der Waals surface area contributed by atoms with Gasteiger partial charge in [-0.15, -0.1) is 5.10 Å². The van der Waals surface area contributed by atoms with Crippen molar-refractivity contribution in [3.05, 3.63) is 112 Å². The van der Waals surface area contributed by atoms with Crippen molar-refractivity contribution in [2.45, 2.75) is 13.0 Å². The molecule has 11 heteroatoms. The molecule has 11 nitrogen and oxygen atoms in total. The summed E-state index contributed by atoms with van der Waals surface area (Å²) in [5, 5.41) is 11.6. The van der Waals surface area contributed by atoms with E-state index in [-0.39, 0.29) is 16.9 Å². The van der Waals surface area contributed by atoms with Gasteiger partial charge < -0.3 is 11.1 Å². The van der Waals surface area contributed by atoms with E-state index in [1.54, 1.807) is 60.7 Å². The molecule has 0 radical (unpaired) electrons. The highest BCUT2D eigenvalue weighted by atomic mass is 16.2. The van der Waals surface area contributed by atoms with Crippen molar-refractivity contribution in [1.82, 2.24) is 39.2 Å². The molecule has 196 valence electrons. The van der Waals surface area contributed by atoms with Crippen LogP contribution in [-0.2, 0) is 7.05 Å². The van der Waals surface area contributed by atoms with Crippen molar-refractivity contribution < 1.29 is 4.79 Å². The van der Waals surface area contributed by atoms with Crippen LogP contribution in [0.2, 0.25) is 0 Å². The summed E-state index contributed by atoms with van der Waals surface area (Å²) in [6, 6.07) is 15.5. The van der Waals surface area contributed by atoms with Crippen molar-refractivity contribution in [3.63, 3.8) is 0 Å². The van der Waals surface area contributed by atoms with Crippen LogP contribution in [-0.4, -0.2) is 39.8 Å². The Balaban J connectivity index is 1.48. The number of anilines is 1. The van der Waals surface area contributed by atoms with E-state index in [0.29, 0.717) is 33.6 Å². The van der Waals surface area contributed by atoms with E-state index in [0.717, 1.165) is 5.56 Å². The van der Waals surface area contributed by atoms with E-state index in [9.17, 15) is 9.59 Å². The maximum absolute atomic E-state index is 14.1. The number of carbonyl (C=O) groups is 1. The van der Waals surface area contributed by atoms with Crippen LogP contribution in [0.4, 0.5) is 5.82 Å². The van der Waals surface area contributed by atoms with E-state index in [1.165, 1.54) is 9.08 Å². The fourth-order valence-corrected chi connectivity index (χ4v) is 4.55. The number of para-hydroxylation sites is 1. The summed E-state index contributed by atoms with van der Waals surface area (Å²) in [6.07, 6.45) is 6.68. The molecule has 40 heavy (non-hydrogen) atoms. The van der Waals surface area contributed by atoms with Gasteiger partial charge in [-0.1, -0.05) is 36.1 Å². The summed E-state index contributed by atoms with van der Waals surface area (Å²) in [5.74, 6) is 6.08. The molecule has 0 aliphatic rings. The molecule has 4 heterocycles. The van der Waals surface area contributed by atoms with Crippen LogP contribution in [0.15, 0.2) is 84.2 Å². The zero-order chi connectivity index (χ0) is 27.8. The number of carbonyl (C=O) groups excluding carboxylic acids is 1. The van der Waals surface area contributed by atoms with E-state index in [4.69, 9.17) is 10.7 Å². The number of aromatic nitrogens is 7. The number of amides is 1. The summed E-state index contributed by atoms with van der Waals surface area (Å²) >= 11 is 0. The molecule has 0 saturated carbocycles. The Labute approximate surface area is 227 Å². The number of nitrogens with one attached hydrogen (secondary N) is 1. The van der Waals surface area contributed by atoms with Crippen molar-refractivity contribution in [3.8, 4) is 17.5 Å². The number of nitrogens with two attached hydrogens (primary N) is 1. The molecule has 0 fully saturated rings. The molecule has 0 spiro atoms. The lowest BCUT2D eigenvalue weighted by Gasteiger charge is -2.20. The van der Waals surface area contributed by atoms with Crippen LogP contribution in [0.3, 0.4) is 0 Å². The Bertz CT molecular complexity index is 2030. The monoisotopic (exact) mass is 529 g/mol. The van der Waals surface area contributed by atoms with E-state index >= 15 is 0 Å². The van der Waals surface area contributed by atoms with Crippen molar-refractivity contribution >= 4 is 28.3 Å². The Morgan fingerprint density at radius 3 is 2.67 bits per heavy atom.